The fourth-order valence-corrected chi connectivity index (χ4v) is 2.43. The first kappa shape index (κ1) is 16.3. The Morgan fingerprint density at radius 3 is 2.59 bits per heavy atom. The fraction of sp³-hybridized carbons (Fsp3) is 0.278. The lowest BCUT2D eigenvalue weighted by atomic mass is 10.1. The average Bonchev–Trinajstić information content (AvgIpc) is 2.48. The van der Waals surface area contributed by atoms with Gasteiger partial charge in [-0.3, -0.25) is 0 Å². The highest BCUT2D eigenvalue weighted by Crippen LogP contribution is 2.18. The minimum Gasteiger partial charge on any atom is -0.494 e. The van der Waals surface area contributed by atoms with E-state index in [1.165, 1.54) is 11.1 Å². The second-order valence-electron chi connectivity index (χ2n) is 5.19. The summed E-state index contributed by atoms with van der Waals surface area (Å²) in [5.74, 6) is 0.835. The lowest BCUT2D eigenvalue weighted by molar-refractivity contribution is 0.340. The van der Waals surface area contributed by atoms with Crippen LogP contribution >= 0.6 is 12.2 Å². The Morgan fingerprint density at radius 1 is 1.18 bits per heavy atom. The van der Waals surface area contributed by atoms with Gasteiger partial charge in [-0.1, -0.05) is 35.9 Å². The molecule has 3 nitrogen and oxygen atoms in total. The monoisotopic (exact) mass is 314 g/mol. The topological polar surface area (TPSA) is 33.3 Å². The van der Waals surface area contributed by atoms with Crippen LogP contribution in [0.25, 0.3) is 0 Å². The average molecular weight is 314 g/mol. The molecule has 0 fully saturated rings. The molecular formula is C18H22N2OS. The molecule has 0 bridgehead atoms. The number of hydrogen-bond acceptors (Lipinski definition) is 2. The summed E-state index contributed by atoms with van der Waals surface area (Å²) in [6.45, 7) is 6.79. The van der Waals surface area contributed by atoms with Gasteiger partial charge in [0.25, 0.3) is 0 Å². The van der Waals surface area contributed by atoms with Gasteiger partial charge >= 0.3 is 0 Å². The number of thiocarbonyl (C=S) groups is 1. The summed E-state index contributed by atoms with van der Waals surface area (Å²) in [7, 11) is 0. The quantitative estimate of drug-likeness (QED) is 0.799. The number of ether oxygens (including phenoxy) is 1. The molecule has 0 aromatic heterocycles. The highest BCUT2D eigenvalue weighted by molar-refractivity contribution is 7.80. The summed E-state index contributed by atoms with van der Waals surface area (Å²) in [6.07, 6.45) is 0. The lowest BCUT2D eigenvalue weighted by Crippen LogP contribution is -2.30. The number of benzene rings is 2. The minimum atomic E-state index is 0.149. The van der Waals surface area contributed by atoms with Crippen LogP contribution < -0.4 is 15.4 Å². The molecule has 0 saturated heterocycles. The van der Waals surface area contributed by atoms with Crippen LogP contribution in [0.2, 0.25) is 0 Å². The van der Waals surface area contributed by atoms with Crippen molar-refractivity contribution in [2.24, 2.45) is 0 Å². The van der Waals surface area contributed by atoms with Crippen molar-refractivity contribution in [3.05, 3.63) is 59.7 Å². The maximum Gasteiger partial charge on any atom is 0.171 e. The van der Waals surface area contributed by atoms with Gasteiger partial charge in [-0.25, -0.2) is 0 Å². The summed E-state index contributed by atoms with van der Waals surface area (Å²) in [5, 5.41) is 7.09. The molecular weight excluding hydrogens is 292 g/mol. The van der Waals surface area contributed by atoms with E-state index in [0.717, 1.165) is 11.4 Å². The Labute approximate surface area is 137 Å². The molecule has 4 heteroatoms. The molecule has 1 atom stereocenters. The van der Waals surface area contributed by atoms with Gasteiger partial charge in [-0.15, -0.1) is 0 Å². The zero-order valence-corrected chi connectivity index (χ0v) is 14.0. The van der Waals surface area contributed by atoms with E-state index in [0.29, 0.717) is 11.7 Å². The number of hydrogen-bond donors (Lipinski definition) is 2. The first-order valence-corrected chi connectivity index (χ1v) is 7.86. The SMILES string of the molecule is CCOc1cccc(NC(=S)NC(C)c2ccc(C)cc2)c1. The number of rotatable bonds is 5. The van der Waals surface area contributed by atoms with Gasteiger partial charge < -0.3 is 15.4 Å². The number of nitrogens with one attached hydrogen (secondary N) is 2. The van der Waals surface area contributed by atoms with Crippen LogP contribution in [0.4, 0.5) is 5.69 Å². The highest BCUT2D eigenvalue weighted by Gasteiger charge is 2.07. The lowest BCUT2D eigenvalue weighted by Gasteiger charge is -2.18. The predicted molar refractivity (Wildman–Crippen MR) is 96.6 cm³/mol. The van der Waals surface area contributed by atoms with Gasteiger partial charge in [-0.2, -0.15) is 0 Å². The van der Waals surface area contributed by atoms with E-state index in [1.54, 1.807) is 0 Å². The molecule has 116 valence electrons. The Balaban J connectivity index is 1.94. The van der Waals surface area contributed by atoms with E-state index < -0.39 is 0 Å². The molecule has 2 rings (SSSR count). The van der Waals surface area contributed by atoms with Crippen LogP contribution in [0.1, 0.15) is 31.0 Å². The second-order valence-corrected chi connectivity index (χ2v) is 5.60. The second kappa shape index (κ2) is 7.80. The minimum absolute atomic E-state index is 0.149. The summed E-state index contributed by atoms with van der Waals surface area (Å²) >= 11 is 5.38. The van der Waals surface area contributed by atoms with Crippen LogP contribution in [0.3, 0.4) is 0 Å². The summed E-state index contributed by atoms with van der Waals surface area (Å²) in [4.78, 5) is 0. The first-order valence-electron chi connectivity index (χ1n) is 7.45. The van der Waals surface area contributed by atoms with Crippen molar-refractivity contribution >= 4 is 23.0 Å². The Morgan fingerprint density at radius 2 is 1.91 bits per heavy atom. The summed E-state index contributed by atoms with van der Waals surface area (Å²) in [5.41, 5.74) is 3.38. The van der Waals surface area contributed by atoms with Gasteiger partial charge in [0.1, 0.15) is 5.75 Å². The van der Waals surface area contributed by atoms with Crippen molar-refractivity contribution in [1.82, 2.24) is 5.32 Å². The molecule has 0 saturated carbocycles. The molecule has 2 N–H and O–H groups in total. The largest absolute Gasteiger partial charge is 0.494 e. The Hall–Kier alpha value is -2.07. The van der Waals surface area contributed by atoms with Crippen molar-refractivity contribution in [2.75, 3.05) is 11.9 Å². The highest BCUT2D eigenvalue weighted by atomic mass is 32.1. The van der Waals surface area contributed by atoms with E-state index in [9.17, 15) is 0 Å². The standard InChI is InChI=1S/C18H22N2OS/c1-4-21-17-7-5-6-16(12-17)20-18(22)19-14(3)15-10-8-13(2)9-11-15/h5-12,14H,4H2,1-3H3,(H2,19,20,22). The Bertz CT molecular complexity index is 625. The van der Waals surface area contributed by atoms with Gasteiger partial charge in [-0.05, 0) is 50.7 Å². The molecule has 2 aromatic carbocycles. The van der Waals surface area contributed by atoms with Gasteiger partial charge in [0.05, 0.1) is 12.6 Å². The fourth-order valence-electron chi connectivity index (χ4n) is 2.13. The number of aryl methyl sites for hydroxylation is 1. The number of anilines is 1. The van der Waals surface area contributed by atoms with Crippen LogP contribution in [0.5, 0.6) is 5.75 Å². The predicted octanol–water partition coefficient (Wildman–Crippen LogP) is 4.44. The third kappa shape index (κ3) is 4.74. The molecule has 1 unspecified atom stereocenters. The third-order valence-electron chi connectivity index (χ3n) is 3.33. The van der Waals surface area contributed by atoms with Crippen molar-refractivity contribution in [3.8, 4) is 5.75 Å². The molecule has 2 aromatic rings. The molecule has 0 radical (unpaired) electrons. The summed E-state index contributed by atoms with van der Waals surface area (Å²) in [6, 6.07) is 16.4. The molecule has 0 aliphatic heterocycles. The van der Waals surface area contributed by atoms with Gasteiger partial charge in [0.2, 0.25) is 0 Å². The maximum atomic E-state index is 5.49. The molecule has 0 aliphatic rings. The smallest absolute Gasteiger partial charge is 0.171 e. The van der Waals surface area contributed by atoms with Crippen molar-refractivity contribution < 1.29 is 4.74 Å². The van der Waals surface area contributed by atoms with Gasteiger partial charge in [0, 0.05) is 11.8 Å². The summed E-state index contributed by atoms with van der Waals surface area (Å²) < 4.78 is 5.49. The van der Waals surface area contributed by atoms with Crippen LogP contribution in [0.15, 0.2) is 48.5 Å². The maximum absolute atomic E-state index is 5.49. The Kier molecular flexibility index (Phi) is 5.78. The third-order valence-corrected chi connectivity index (χ3v) is 3.55. The van der Waals surface area contributed by atoms with E-state index in [1.807, 2.05) is 31.2 Å². The van der Waals surface area contributed by atoms with Crippen LogP contribution in [0, 0.1) is 6.92 Å². The van der Waals surface area contributed by atoms with E-state index in [4.69, 9.17) is 17.0 Å². The molecule has 22 heavy (non-hydrogen) atoms. The van der Waals surface area contributed by atoms with E-state index in [-0.39, 0.29) is 6.04 Å². The zero-order valence-electron chi connectivity index (χ0n) is 13.2. The van der Waals surface area contributed by atoms with Crippen molar-refractivity contribution in [1.29, 1.82) is 0 Å². The van der Waals surface area contributed by atoms with E-state index in [2.05, 4.69) is 48.7 Å². The zero-order chi connectivity index (χ0) is 15.9. The molecule has 0 aliphatic carbocycles. The van der Waals surface area contributed by atoms with Crippen molar-refractivity contribution in [2.45, 2.75) is 26.8 Å². The normalized spacial score (nSPS) is 11.6. The molecule has 0 amide bonds. The first-order chi connectivity index (χ1) is 10.6. The van der Waals surface area contributed by atoms with Crippen molar-refractivity contribution in [3.63, 3.8) is 0 Å². The van der Waals surface area contributed by atoms with Crippen LogP contribution in [-0.2, 0) is 0 Å². The molecule has 0 heterocycles. The molecule has 0 spiro atoms. The van der Waals surface area contributed by atoms with Crippen LogP contribution in [-0.4, -0.2) is 11.7 Å². The van der Waals surface area contributed by atoms with Gasteiger partial charge in [0.15, 0.2) is 5.11 Å². The van der Waals surface area contributed by atoms with E-state index >= 15 is 0 Å².